The Bertz CT molecular complexity index is 443. The topological polar surface area (TPSA) is 37.4 Å². The zero-order valence-corrected chi connectivity index (χ0v) is 10.6. The number of piperidine rings is 1. The number of hydrogen-bond donors (Lipinski definition) is 0. The lowest BCUT2D eigenvalue weighted by Crippen LogP contribution is -2.38. The smallest absolute Gasteiger partial charge is 0.256 e. The average Bonchev–Trinajstić information content (AvgIpc) is 2.29. The van der Waals surface area contributed by atoms with E-state index in [1.165, 1.54) is 0 Å². The van der Waals surface area contributed by atoms with Gasteiger partial charge in [0.2, 0.25) is 0 Å². The van der Waals surface area contributed by atoms with Crippen molar-refractivity contribution in [1.82, 2.24) is 4.90 Å². The van der Waals surface area contributed by atoms with E-state index in [1.807, 2.05) is 0 Å². The summed E-state index contributed by atoms with van der Waals surface area (Å²) in [5.41, 5.74) is 0.324. The minimum Gasteiger partial charge on any atom is -0.338 e. The molecule has 90 valence electrons. The Morgan fingerprint density at radius 3 is 2.18 bits per heavy atom. The number of rotatable bonds is 1. The van der Waals surface area contributed by atoms with Gasteiger partial charge in [-0.15, -0.1) is 0 Å². The summed E-state index contributed by atoms with van der Waals surface area (Å²) in [4.78, 5) is 24.9. The number of carbonyl (C=O) groups excluding carboxylic acids is 2. The van der Waals surface area contributed by atoms with Gasteiger partial charge in [-0.2, -0.15) is 0 Å². The summed E-state index contributed by atoms with van der Waals surface area (Å²) in [6.45, 7) is 0.887. The third kappa shape index (κ3) is 2.61. The highest BCUT2D eigenvalue weighted by molar-refractivity contribution is 6.39. The molecule has 0 atom stereocenters. The van der Waals surface area contributed by atoms with Crippen molar-refractivity contribution in [2.24, 2.45) is 0 Å². The summed E-state index contributed by atoms with van der Waals surface area (Å²) in [5, 5.41) is 0.693. The van der Waals surface area contributed by atoms with Gasteiger partial charge in [0.15, 0.2) is 0 Å². The molecule has 0 aliphatic carbocycles. The Hall–Kier alpha value is -1.06. The number of ketones is 1. The fourth-order valence-corrected chi connectivity index (χ4v) is 2.38. The molecule has 2 rings (SSSR count). The molecule has 1 saturated heterocycles. The number of Topliss-reactive ketones (excluding diaryl/α,β-unsaturated/α-hetero) is 1. The van der Waals surface area contributed by atoms with Crippen LogP contribution in [0.25, 0.3) is 0 Å². The summed E-state index contributed by atoms with van der Waals surface area (Å²) >= 11 is 11.9. The van der Waals surface area contributed by atoms with E-state index >= 15 is 0 Å². The van der Waals surface area contributed by atoms with Crippen LogP contribution in [0.15, 0.2) is 18.2 Å². The van der Waals surface area contributed by atoms with Crippen molar-refractivity contribution in [1.29, 1.82) is 0 Å². The second-order valence-electron chi connectivity index (χ2n) is 3.93. The van der Waals surface area contributed by atoms with E-state index in [-0.39, 0.29) is 11.7 Å². The maximum atomic E-state index is 12.2. The van der Waals surface area contributed by atoms with Crippen LogP contribution < -0.4 is 0 Å². The van der Waals surface area contributed by atoms with Crippen LogP contribution in [0.5, 0.6) is 0 Å². The molecule has 5 heteroatoms. The Labute approximate surface area is 109 Å². The van der Waals surface area contributed by atoms with E-state index in [1.54, 1.807) is 23.1 Å². The molecule has 1 amide bonds. The molecule has 1 aliphatic heterocycles. The largest absolute Gasteiger partial charge is 0.338 e. The maximum Gasteiger partial charge on any atom is 0.256 e. The number of hydrogen-bond acceptors (Lipinski definition) is 2. The summed E-state index contributed by atoms with van der Waals surface area (Å²) in [7, 11) is 0. The second kappa shape index (κ2) is 5.07. The maximum absolute atomic E-state index is 12.2. The highest BCUT2D eigenvalue weighted by Crippen LogP contribution is 2.26. The fraction of sp³-hybridized carbons (Fsp3) is 0.333. The van der Waals surface area contributed by atoms with Crippen LogP contribution in [-0.4, -0.2) is 29.7 Å². The first-order valence-electron chi connectivity index (χ1n) is 5.34. The molecular formula is C12H11Cl2NO2. The third-order valence-electron chi connectivity index (χ3n) is 2.78. The molecule has 1 aromatic rings. The second-order valence-corrected chi connectivity index (χ2v) is 4.74. The van der Waals surface area contributed by atoms with Crippen molar-refractivity contribution >= 4 is 34.9 Å². The van der Waals surface area contributed by atoms with Crippen LogP contribution in [0.4, 0.5) is 0 Å². The molecule has 0 aromatic heterocycles. The summed E-state index contributed by atoms with van der Waals surface area (Å²) in [5.74, 6) is -0.00703. The van der Waals surface area contributed by atoms with Gasteiger partial charge in [-0.1, -0.05) is 29.3 Å². The van der Waals surface area contributed by atoms with E-state index < -0.39 is 0 Å². The highest BCUT2D eigenvalue weighted by Gasteiger charge is 2.24. The lowest BCUT2D eigenvalue weighted by molar-refractivity contribution is -0.120. The van der Waals surface area contributed by atoms with Gasteiger partial charge in [0, 0.05) is 25.9 Å². The van der Waals surface area contributed by atoms with Gasteiger partial charge in [0.05, 0.1) is 15.6 Å². The molecule has 0 spiro atoms. The van der Waals surface area contributed by atoms with E-state index in [0.29, 0.717) is 41.5 Å². The Morgan fingerprint density at radius 2 is 1.65 bits per heavy atom. The molecule has 0 radical (unpaired) electrons. The number of nitrogens with zero attached hydrogens (tertiary/aromatic N) is 1. The number of amides is 1. The van der Waals surface area contributed by atoms with Crippen LogP contribution in [0.2, 0.25) is 10.0 Å². The number of halogens is 2. The molecular weight excluding hydrogens is 261 g/mol. The van der Waals surface area contributed by atoms with E-state index in [4.69, 9.17) is 23.2 Å². The number of carbonyl (C=O) groups is 2. The zero-order valence-electron chi connectivity index (χ0n) is 9.08. The zero-order chi connectivity index (χ0) is 12.4. The predicted molar refractivity (Wildman–Crippen MR) is 66.6 cm³/mol. The monoisotopic (exact) mass is 271 g/mol. The van der Waals surface area contributed by atoms with Gasteiger partial charge in [0.25, 0.3) is 5.91 Å². The van der Waals surface area contributed by atoms with Crippen molar-refractivity contribution in [3.8, 4) is 0 Å². The first-order chi connectivity index (χ1) is 8.09. The van der Waals surface area contributed by atoms with Crippen molar-refractivity contribution in [3.05, 3.63) is 33.8 Å². The van der Waals surface area contributed by atoms with Crippen LogP contribution in [0, 0.1) is 0 Å². The average molecular weight is 272 g/mol. The van der Waals surface area contributed by atoms with Gasteiger partial charge in [-0.05, 0) is 12.1 Å². The standard InChI is InChI=1S/C12H11Cl2NO2/c13-9-2-1-3-10(14)11(9)12(17)15-6-4-8(16)5-7-15/h1-3H,4-7H2. The molecule has 1 fully saturated rings. The Morgan fingerprint density at radius 1 is 1.12 bits per heavy atom. The molecule has 3 nitrogen and oxygen atoms in total. The fourth-order valence-electron chi connectivity index (χ4n) is 1.82. The van der Waals surface area contributed by atoms with Crippen molar-refractivity contribution in [2.75, 3.05) is 13.1 Å². The molecule has 0 N–H and O–H groups in total. The molecule has 0 unspecified atom stereocenters. The van der Waals surface area contributed by atoms with Crippen LogP contribution in [-0.2, 0) is 4.79 Å². The molecule has 0 saturated carbocycles. The normalized spacial score (nSPS) is 16.1. The summed E-state index contributed by atoms with van der Waals surface area (Å²) in [6, 6.07) is 4.96. The van der Waals surface area contributed by atoms with Crippen LogP contribution in [0.1, 0.15) is 23.2 Å². The van der Waals surface area contributed by atoms with Crippen molar-refractivity contribution in [3.63, 3.8) is 0 Å². The lowest BCUT2D eigenvalue weighted by atomic mass is 10.1. The van der Waals surface area contributed by atoms with E-state index in [0.717, 1.165) is 0 Å². The molecule has 1 aromatic carbocycles. The lowest BCUT2D eigenvalue weighted by Gasteiger charge is -2.26. The van der Waals surface area contributed by atoms with Gasteiger partial charge in [-0.25, -0.2) is 0 Å². The van der Waals surface area contributed by atoms with E-state index in [9.17, 15) is 9.59 Å². The minimum atomic E-state index is -0.201. The summed E-state index contributed by atoms with van der Waals surface area (Å²) < 4.78 is 0. The molecule has 1 heterocycles. The molecule has 0 bridgehead atoms. The molecule has 17 heavy (non-hydrogen) atoms. The van der Waals surface area contributed by atoms with E-state index in [2.05, 4.69) is 0 Å². The van der Waals surface area contributed by atoms with Gasteiger partial charge >= 0.3 is 0 Å². The SMILES string of the molecule is O=C1CCN(C(=O)c2c(Cl)cccc2Cl)CC1. The Kier molecular flexibility index (Phi) is 3.69. The van der Waals surface area contributed by atoms with Crippen molar-refractivity contribution in [2.45, 2.75) is 12.8 Å². The van der Waals surface area contributed by atoms with Crippen LogP contribution in [0.3, 0.4) is 0 Å². The summed E-state index contributed by atoms with van der Waals surface area (Å²) in [6.07, 6.45) is 0.821. The minimum absolute atomic E-state index is 0.194. The highest BCUT2D eigenvalue weighted by atomic mass is 35.5. The Balaban J connectivity index is 2.22. The van der Waals surface area contributed by atoms with Crippen molar-refractivity contribution < 1.29 is 9.59 Å². The number of benzene rings is 1. The molecule has 1 aliphatic rings. The first kappa shape index (κ1) is 12.4. The van der Waals surface area contributed by atoms with Crippen LogP contribution >= 0.6 is 23.2 Å². The number of likely N-dealkylation sites (tertiary alicyclic amines) is 1. The van der Waals surface area contributed by atoms with Gasteiger partial charge in [-0.3, -0.25) is 9.59 Å². The van der Waals surface area contributed by atoms with Gasteiger partial charge in [0.1, 0.15) is 5.78 Å². The van der Waals surface area contributed by atoms with Gasteiger partial charge < -0.3 is 4.90 Å². The first-order valence-corrected chi connectivity index (χ1v) is 6.10. The third-order valence-corrected chi connectivity index (χ3v) is 3.41. The quantitative estimate of drug-likeness (QED) is 0.788. The predicted octanol–water partition coefficient (Wildman–Crippen LogP) is 2.80.